The molecule has 0 aliphatic heterocycles. The van der Waals surface area contributed by atoms with Crippen LogP contribution in [0.5, 0.6) is 0 Å². The third kappa shape index (κ3) is 2.63. The van der Waals surface area contributed by atoms with E-state index < -0.39 is 0 Å². The largest absolute Gasteiger partial charge is 0.389 e. The van der Waals surface area contributed by atoms with Crippen molar-refractivity contribution >= 4 is 40.2 Å². The lowest BCUT2D eigenvalue weighted by Gasteiger charge is -2.10. The smallest absolute Gasteiger partial charge is 0.107 e. The molecule has 0 atom stereocenters. The van der Waals surface area contributed by atoms with Crippen molar-refractivity contribution in [2.24, 2.45) is 5.73 Å². The molecule has 18 heavy (non-hydrogen) atoms. The molecule has 2 rings (SSSR count). The number of thiocarbonyl (C=S) groups is 1. The van der Waals surface area contributed by atoms with Gasteiger partial charge in [0.25, 0.3) is 0 Å². The van der Waals surface area contributed by atoms with E-state index in [9.17, 15) is 0 Å². The summed E-state index contributed by atoms with van der Waals surface area (Å²) in [5.41, 5.74) is 7.99. The summed E-state index contributed by atoms with van der Waals surface area (Å²) >= 11 is 11.1. The van der Waals surface area contributed by atoms with Gasteiger partial charge in [0.15, 0.2) is 0 Å². The van der Waals surface area contributed by atoms with E-state index >= 15 is 0 Å². The number of nitrogens with one attached hydrogen (secondary N) is 1. The summed E-state index contributed by atoms with van der Waals surface area (Å²) in [5.74, 6) is 0. The molecular weight excluding hydrogens is 268 g/mol. The van der Waals surface area contributed by atoms with Gasteiger partial charge in [0.05, 0.1) is 28.2 Å². The highest BCUT2D eigenvalue weighted by atomic mass is 35.5. The molecule has 0 aliphatic rings. The van der Waals surface area contributed by atoms with Crippen molar-refractivity contribution in [1.82, 2.24) is 9.78 Å². The molecular formula is C12H13ClN4S. The molecule has 0 radical (unpaired) electrons. The SMILES string of the molecule is CCn1cc(Nc2cccc(Cl)c2C(N)=S)cn1. The molecule has 0 unspecified atom stereocenters. The fourth-order valence-electron chi connectivity index (χ4n) is 1.64. The maximum atomic E-state index is 6.09. The maximum absolute atomic E-state index is 6.09. The van der Waals surface area contributed by atoms with E-state index in [1.165, 1.54) is 0 Å². The molecule has 0 fully saturated rings. The Balaban J connectivity index is 2.34. The highest BCUT2D eigenvalue weighted by molar-refractivity contribution is 7.80. The molecule has 3 N–H and O–H groups in total. The predicted molar refractivity (Wildman–Crippen MR) is 78.5 cm³/mol. The van der Waals surface area contributed by atoms with Crippen LogP contribution in [0.1, 0.15) is 12.5 Å². The number of rotatable bonds is 4. The monoisotopic (exact) mass is 280 g/mol. The lowest BCUT2D eigenvalue weighted by molar-refractivity contribution is 0.660. The van der Waals surface area contributed by atoms with Crippen LogP contribution >= 0.6 is 23.8 Å². The highest BCUT2D eigenvalue weighted by Crippen LogP contribution is 2.26. The molecule has 1 aromatic carbocycles. The summed E-state index contributed by atoms with van der Waals surface area (Å²) in [4.78, 5) is 0.269. The Morgan fingerprint density at radius 2 is 2.33 bits per heavy atom. The van der Waals surface area contributed by atoms with Crippen LogP contribution in [0.4, 0.5) is 11.4 Å². The van der Waals surface area contributed by atoms with Crippen LogP contribution < -0.4 is 11.1 Å². The van der Waals surface area contributed by atoms with Crippen LogP contribution in [0, 0.1) is 0 Å². The first-order chi connectivity index (χ1) is 8.61. The second-order valence-electron chi connectivity index (χ2n) is 3.74. The molecule has 94 valence electrons. The topological polar surface area (TPSA) is 55.9 Å². The standard InChI is InChI=1S/C12H13ClN4S/c1-2-17-7-8(6-15-17)16-10-5-3-4-9(13)11(10)12(14)18/h3-7,16H,2H2,1H3,(H2,14,18). The number of benzene rings is 1. The van der Waals surface area contributed by atoms with Gasteiger partial charge in [-0.05, 0) is 19.1 Å². The predicted octanol–water partition coefficient (Wildman–Crippen LogP) is 2.93. The van der Waals surface area contributed by atoms with E-state index in [0.717, 1.165) is 17.9 Å². The van der Waals surface area contributed by atoms with Gasteiger partial charge in [-0.15, -0.1) is 0 Å². The Kier molecular flexibility index (Phi) is 3.84. The van der Waals surface area contributed by atoms with Gasteiger partial charge in [0.1, 0.15) is 4.99 Å². The molecule has 0 saturated heterocycles. The minimum Gasteiger partial charge on any atom is -0.389 e. The average molecular weight is 281 g/mol. The van der Waals surface area contributed by atoms with Crippen molar-refractivity contribution in [2.45, 2.75) is 13.5 Å². The summed E-state index contributed by atoms with van der Waals surface area (Å²) < 4.78 is 1.83. The minimum atomic E-state index is 0.269. The first kappa shape index (κ1) is 12.9. The fourth-order valence-corrected chi connectivity index (χ4v) is 2.19. The van der Waals surface area contributed by atoms with E-state index in [4.69, 9.17) is 29.6 Å². The normalized spacial score (nSPS) is 10.3. The lowest BCUT2D eigenvalue weighted by Crippen LogP contribution is -2.12. The number of aryl methyl sites for hydroxylation is 1. The highest BCUT2D eigenvalue weighted by Gasteiger charge is 2.10. The summed E-state index contributed by atoms with van der Waals surface area (Å²) in [6.45, 7) is 2.84. The molecule has 2 aromatic rings. The molecule has 0 aliphatic carbocycles. The third-order valence-corrected chi connectivity index (χ3v) is 3.02. The molecule has 0 spiro atoms. The lowest BCUT2D eigenvalue weighted by atomic mass is 10.1. The van der Waals surface area contributed by atoms with Crippen LogP contribution in [0.15, 0.2) is 30.6 Å². The zero-order valence-corrected chi connectivity index (χ0v) is 11.4. The number of nitrogens with two attached hydrogens (primary N) is 1. The van der Waals surface area contributed by atoms with Gasteiger partial charge >= 0.3 is 0 Å². The van der Waals surface area contributed by atoms with Crippen LogP contribution in [0.3, 0.4) is 0 Å². The van der Waals surface area contributed by atoms with Gasteiger partial charge in [-0.2, -0.15) is 5.10 Å². The first-order valence-electron chi connectivity index (χ1n) is 5.49. The summed E-state index contributed by atoms with van der Waals surface area (Å²) in [7, 11) is 0. The van der Waals surface area contributed by atoms with E-state index in [-0.39, 0.29) is 4.99 Å². The van der Waals surface area contributed by atoms with Gasteiger partial charge in [0.2, 0.25) is 0 Å². The van der Waals surface area contributed by atoms with Crippen molar-refractivity contribution in [3.8, 4) is 0 Å². The van der Waals surface area contributed by atoms with Gasteiger partial charge in [-0.25, -0.2) is 0 Å². The quantitative estimate of drug-likeness (QED) is 0.846. The first-order valence-corrected chi connectivity index (χ1v) is 6.28. The van der Waals surface area contributed by atoms with Gasteiger partial charge in [-0.1, -0.05) is 29.9 Å². The van der Waals surface area contributed by atoms with Crippen LogP contribution in [-0.4, -0.2) is 14.8 Å². The van der Waals surface area contributed by atoms with Gasteiger partial charge in [0, 0.05) is 12.7 Å². The number of anilines is 2. The van der Waals surface area contributed by atoms with Gasteiger partial charge in [-0.3, -0.25) is 4.68 Å². The second kappa shape index (κ2) is 5.37. The fraction of sp³-hybridized carbons (Fsp3) is 0.167. The molecule has 4 nitrogen and oxygen atoms in total. The number of halogens is 1. The average Bonchev–Trinajstić information content (AvgIpc) is 2.76. The summed E-state index contributed by atoms with van der Waals surface area (Å²) in [6, 6.07) is 5.48. The number of nitrogens with zero attached hydrogens (tertiary/aromatic N) is 2. The van der Waals surface area contributed by atoms with Crippen molar-refractivity contribution in [3.05, 3.63) is 41.2 Å². The second-order valence-corrected chi connectivity index (χ2v) is 4.58. The number of hydrogen-bond donors (Lipinski definition) is 2. The Hall–Kier alpha value is -1.59. The Morgan fingerprint density at radius 1 is 1.56 bits per heavy atom. The summed E-state index contributed by atoms with van der Waals surface area (Å²) in [5, 5.41) is 7.94. The molecule has 0 saturated carbocycles. The van der Waals surface area contributed by atoms with E-state index in [2.05, 4.69) is 10.4 Å². The zero-order valence-electron chi connectivity index (χ0n) is 9.85. The third-order valence-electron chi connectivity index (χ3n) is 2.50. The number of aromatic nitrogens is 2. The number of hydrogen-bond acceptors (Lipinski definition) is 3. The molecule has 0 bridgehead atoms. The Morgan fingerprint density at radius 3 is 2.94 bits per heavy atom. The zero-order chi connectivity index (χ0) is 13.1. The van der Waals surface area contributed by atoms with Crippen molar-refractivity contribution in [3.63, 3.8) is 0 Å². The molecule has 1 aromatic heterocycles. The van der Waals surface area contributed by atoms with Crippen molar-refractivity contribution < 1.29 is 0 Å². The van der Waals surface area contributed by atoms with Crippen LogP contribution in [0.25, 0.3) is 0 Å². The van der Waals surface area contributed by atoms with Crippen LogP contribution in [0.2, 0.25) is 5.02 Å². The van der Waals surface area contributed by atoms with Gasteiger partial charge < -0.3 is 11.1 Å². The van der Waals surface area contributed by atoms with Crippen molar-refractivity contribution in [1.29, 1.82) is 0 Å². The van der Waals surface area contributed by atoms with E-state index in [1.54, 1.807) is 12.3 Å². The minimum absolute atomic E-state index is 0.269. The van der Waals surface area contributed by atoms with Crippen LogP contribution in [-0.2, 0) is 6.54 Å². The summed E-state index contributed by atoms with van der Waals surface area (Å²) in [6.07, 6.45) is 3.65. The maximum Gasteiger partial charge on any atom is 0.107 e. The van der Waals surface area contributed by atoms with E-state index in [0.29, 0.717) is 10.6 Å². The Labute approximate surface area is 116 Å². The van der Waals surface area contributed by atoms with E-state index in [1.807, 2.05) is 29.9 Å². The molecule has 1 heterocycles. The molecule has 6 heteroatoms. The Bertz CT molecular complexity index is 579. The molecule has 0 amide bonds. The van der Waals surface area contributed by atoms with Crippen molar-refractivity contribution in [2.75, 3.05) is 5.32 Å².